The highest BCUT2D eigenvalue weighted by Gasteiger charge is 2.18. The molecular formula is C15H19NO3. The Kier molecular flexibility index (Phi) is 3.62. The number of fused-ring (bicyclic) bond motifs is 1. The predicted molar refractivity (Wildman–Crippen MR) is 74.6 cm³/mol. The van der Waals surface area contributed by atoms with E-state index in [1.165, 1.54) is 0 Å². The number of benzene rings is 1. The topological polar surface area (TPSA) is 51.5 Å². The maximum absolute atomic E-state index is 11.3. The van der Waals surface area contributed by atoms with Gasteiger partial charge in [-0.05, 0) is 32.4 Å². The second-order valence-corrected chi connectivity index (χ2v) is 5.27. The number of methoxy groups -OCH3 is 1. The molecule has 0 saturated carbocycles. The van der Waals surface area contributed by atoms with Gasteiger partial charge in [-0.2, -0.15) is 0 Å². The summed E-state index contributed by atoms with van der Waals surface area (Å²) in [5.74, 6) is -0.892. The minimum absolute atomic E-state index is 0.214. The van der Waals surface area contributed by atoms with Crippen LogP contribution in [-0.2, 0) is 11.3 Å². The maximum atomic E-state index is 11.3. The van der Waals surface area contributed by atoms with Gasteiger partial charge in [0.05, 0.1) is 16.7 Å². The molecule has 0 radical (unpaired) electrons. The van der Waals surface area contributed by atoms with E-state index in [4.69, 9.17) is 4.74 Å². The third-order valence-corrected chi connectivity index (χ3v) is 3.53. The lowest BCUT2D eigenvalue weighted by Gasteiger charge is -2.23. The Balaban J connectivity index is 2.36. The van der Waals surface area contributed by atoms with Crippen molar-refractivity contribution in [3.63, 3.8) is 0 Å². The average Bonchev–Trinajstić information content (AvgIpc) is 2.79. The first-order valence-corrected chi connectivity index (χ1v) is 6.31. The molecule has 0 aliphatic rings. The largest absolute Gasteiger partial charge is 0.478 e. The highest BCUT2D eigenvalue weighted by Crippen LogP contribution is 2.22. The first kappa shape index (κ1) is 13.6. The standard InChI is InChI=1S/C15H19NO3/c1-15(2,19-3)8-10-16-9-7-11-5-4-6-12(13(11)16)14(17)18/h4-7,9H,8,10H2,1-3H3,(H,17,18). The molecule has 1 heterocycles. The second kappa shape index (κ2) is 5.05. The van der Waals surface area contributed by atoms with Crippen molar-refractivity contribution in [1.82, 2.24) is 4.57 Å². The Bertz CT molecular complexity index is 598. The zero-order chi connectivity index (χ0) is 14.0. The third kappa shape index (κ3) is 2.79. The summed E-state index contributed by atoms with van der Waals surface area (Å²) in [7, 11) is 1.69. The van der Waals surface area contributed by atoms with Gasteiger partial charge in [0.15, 0.2) is 0 Å². The number of nitrogens with zero attached hydrogens (tertiary/aromatic N) is 1. The summed E-state index contributed by atoms with van der Waals surface area (Å²) in [6, 6.07) is 7.29. The van der Waals surface area contributed by atoms with Crippen LogP contribution >= 0.6 is 0 Å². The van der Waals surface area contributed by atoms with Crippen molar-refractivity contribution in [3.8, 4) is 0 Å². The average molecular weight is 261 g/mol. The molecule has 0 bridgehead atoms. The molecule has 102 valence electrons. The highest BCUT2D eigenvalue weighted by atomic mass is 16.5. The Morgan fingerprint density at radius 3 is 2.74 bits per heavy atom. The van der Waals surface area contributed by atoms with Crippen LogP contribution in [0.1, 0.15) is 30.6 Å². The zero-order valence-corrected chi connectivity index (χ0v) is 11.5. The van der Waals surface area contributed by atoms with E-state index < -0.39 is 5.97 Å². The summed E-state index contributed by atoms with van der Waals surface area (Å²) in [4.78, 5) is 11.3. The van der Waals surface area contributed by atoms with Crippen LogP contribution in [0.3, 0.4) is 0 Å². The van der Waals surface area contributed by atoms with Crippen molar-refractivity contribution < 1.29 is 14.6 Å². The van der Waals surface area contributed by atoms with Crippen molar-refractivity contribution in [2.75, 3.05) is 7.11 Å². The summed E-state index contributed by atoms with van der Waals surface area (Å²) >= 11 is 0. The van der Waals surface area contributed by atoms with Gasteiger partial charge in [-0.3, -0.25) is 0 Å². The number of aromatic nitrogens is 1. The van der Waals surface area contributed by atoms with E-state index in [1.807, 2.05) is 36.7 Å². The summed E-state index contributed by atoms with van der Waals surface area (Å²) < 4.78 is 7.38. The van der Waals surface area contributed by atoms with E-state index >= 15 is 0 Å². The van der Waals surface area contributed by atoms with Crippen LogP contribution in [0.25, 0.3) is 10.9 Å². The molecule has 19 heavy (non-hydrogen) atoms. The molecule has 1 N–H and O–H groups in total. The Morgan fingerprint density at radius 1 is 1.37 bits per heavy atom. The minimum atomic E-state index is -0.892. The molecule has 1 aromatic heterocycles. The first-order valence-electron chi connectivity index (χ1n) is 6.31. The van der Waals surface area contributed by atoms with Crippen molar-refractivity contribution >= 4 is 16.9 Å². The van der Waals surface area contributed by atoms with Gasteiger partial charge in [-0.15, -0.1) is 0 Å². The molecule has 0 aliphatic heterocycles. The van der Waals surface area contributed by atoms with Crippen molar-refractivity contribution in [3.05, 3.63) is 36.0 Å². The van der Waals surface area contributed by atoms with Gasteiger partial charge in [0.25, 0.3) is 0 Å². The van der Waals surface area contributed by atoms with Crippen LogP contribution in [0.5, 0.6) is 0 Å². The van der Waals surface area contributed by atoms with Gasteiger partial charge in [0.2, 0.25) is 0 Å². The summed E-state index contributed by atoms with van der Waals surface area (Å²) in [6.07, 6.45) is 2.75. The molecule has 2 rings (SSSR count). The molecule has 1 aromatic carbocycles. The lowest BCUT2D eigenvalue weighted by Crippen LogP contribution is -2.24. The number of hydrogen-bond acceptors (Lipinski definition) is 2. The monoisotopic (exact) mass is 261 g/mol. The third-order valence-electron chi connectivity index (χ3n) is 3.53. The van der Waals surface area contributed by atoms with Crippen LogP contribution < -0.4 is 0 Å². The van der Waals surface area contributed by atoms with Crippen LogP contribution in [0, 0.1) is 0 Å². The fourth-order valence-corrected chi connectivity index (χ4v) is 2.11. The first-order chi connectivity index (χ1) is 8.94. The molecule has 0 amide bonds. The van der Waals surface area contributed by atoms with Gasteiger partial charge in [0, 0.05) is 25.2 Å². The molecule has 2 aromatic rings. The normalized spacial score (nSPS) is 11.9. The summed E-state index contributed by atoms with van der Waals surface area (Å²) in [6.45, 7) is 4.78. The fraction of sp³-hybridized carbons (Fsp3) is 0.400. The number of aryl methyl sites for hydroxylation is 1. The Labute approximate surface area is 112 Å². The SMILES string of the molecule is COC(C)(C)CCn1ccc2cccc(C(=O)O)c21. The van der Waals surface area contributed by atoms with E-state index in [0.717, 1.165) is 23.9 Å². The van der Waals surface area contributed by atoms with Crippen LogP contribution in [0.15, 0.2) is 30.5 Å². The minimum Gasteiger partial charge on any atom is -0.478 e. The molecule has 0 aliphatic carbocycles. The zero-order valence-electron chi connectivity index (χ0n) is 11.5. The fourth-order valence-electron chi connectivity index (χ4n) is 2.11. The van der Waals surface area contributed by atoms with Crippen LogP contribution in [0.4, 0.5) is 0 Å². The van der Waals surface area contributed by atoms with Gasteiger partial charge in [-0.25, -0.2) is 4.79 Å². The van der Waals surface area contributed by atoms with Crippen molar-refractivity contribution in [2.45, 2.75) is 32.4 Å². The lowest BCUT2D eigenvalue weighted by molar-refractivity contribution is 0.0123. The number of aromatic carboxylic acids is 1. The van der Waals surface area contributed by atoms with Crippen molar-refractivity contribution in [2.24, 2.45) is 0 Å². The predicted octanol–water partition coefficient (Wildman–Crippen LogP) is 3.15. The summed E-state index contributed by atoms with van der Waals surface area (Å²) in [5.41, 5.74) is 0.911. The molecule has 0 fully saturated rings. The number of rotatable bonds is 5. The molecule has 4 nitrogen and oxygen atoms in total. The number of carboxylic acids is 1. The number of carbonyl (C=O) groups is 1. The lowest BCUT2D eigenvalue weighted by atomic mass is 10.1. The number of hydrogen-bond donors (Lipinski definition) is 1. The molecule has 0 saturated heterocycles. The molecular weight excluding hydrogens is 242 g/mol. The smallest absolute Gasteiger partial charge is 0.337 e. The number of para-hydroxylation sites is 1. The Hall–Kier alpha value is -1.81. The second-order valence-electron chi connectivity index (χ2n) is 5.27. The molecule has 0 atom stereocenters. The van der Waals surface area contributed by atoms with Crippen molar-refractivity contribution in [1.29, 1.82) is 0 Å². The van der Waals surface area contributed by atoms with E-state index in [9.17, 15) is 9.90 Å². The van der Waals surface area contributed by atoms with Crippen LogP contribution in [-0.4, -0.2) is 28.4 Å². The van der Waals surface area contributed by atoms with Crippen LogP contribution in [0.2, 0.25) is 0 Å². The maximum Gasteiger partial charge on any atom is 0.337 e. The van der Waals surface area contributed by atoms with E-state index in [0.29, 0.717) is 5.56 Å². The molecule has 0 unspecified atom stereocenters. The van der Waals surface area contributed by atoms with Gasteiger partial charge < -0.3 is 14.4 Å². The molecule has 0 spiro atoms. The Morgan fingerprint density at radius 2 is 2.11 bits per heavy atom. The summed E-state index contributed by atoms with van der Waals surface area (Å²) in [5, 5.41) is 10.2. The van der Waals surface area contributed by atoms with Gasteiger partial charge >= 0.3 is 5.97 Å². The van der Waals surface area contributed by atoms with E-state index in [2.05, 4.69) is 0 Å². The molecule has 4 heteroatoms. The number of ether oxygens (including phenoxy) is 1. The quantitative estimate of drug-likeness (QED) is 0.899. The van der Waals surface area contributed by atoms with Gasteiger partial charge in [0.1, 0.15) is 0 Å². The van der Waals surface area contributed by atoms with E-state index in [1.54, 1.807) is 19.2 Å². The van der Waals surface area contributed by atoms with Gasteiger partial charge in [-0.1, -0.05) is 12.1 Å². The van der Waals surface area contributed by atoms with E-state index in [-0.39, 0.29) is 5.60 Å². The highest BCUT2D eigenvalue weighted by molar-refractivity contribution is 6.02. The number of carboxylic acid groups (broad SMARTS) is 1.